The molecule has 2 atom stereocenters. The van der Waals surface area contributed by atoms with E-state index in [1.165, 1.54) is 11.8 Å². The molecule has 5 rings (SSSR count). The number of hydrazone groups is 1. The smallest absolute Gasteiger partial charge is 0.262 e. The molecule has 0 bridgehead atoms. The van der Waals surface area contributed by atoms with Crippen molar-refractivity contribution >= 4 is 40.1 Å². The Morgan fingerprint density at radius 1 is 1.03 bits per heavy atom. The number of anilines is 1. The first kappa shape index (κ1) is 23.8. The summed E-state index contributed by atoms with van der Waals surface area (Å²) in [5.74, 6) is 0.187. The van der Waals surface area contributed by atoms with Crippen LogP contribution in [-0.2, 0) is 9.59 Å². The summed E-state index contributed by atoms with van der Waals surface area (Å²) in [7, 11) is 0. The second-order valence-corrected chi connectivity index (χ2v) is 9.61. The van der Waals surface area contributed by atoms with Crippen LogP contribution in [0.4, 0.5) is 5.69 Å². The van der Waals surface area contributed by atoms with Crippen molar-refractivity contribution in [2.24, 2.45) is 10.1 Å². The molecule has 0 spiro atoms. The van der Waals surface area contributed by atoms with Gasteiger partial charge in [-0.05, 0) is 42.3 Å². The number of amidine groups is 1. The molecule has 0 aliphatic carbocycles. The average molecular weight is 499 g/mol. The predicted molar refractivity (Wildman–Crippen MR) is 143 cm³/mol. The van der Waals surface area contributed by atoms with E-state index in [-0.39, 0.29) is 24.3 Å². The molecule has 0 saturated carbocycles. The Labute approximate surface area is 214 Å². The van der Waals surface area contributed by atoms with Gasteiger partial charge >= 0.3 is 0 Å². The number of nitrogens with zero attached hydrogens (tertiary/aromatic N) is 3. The van der Waals surface area contributed by atoms with Gasteiger partial charge in [0.05, 0.1) is 18.4 Å². The largest absolute Gasteiger partial charge is 0.494 e. The van der Waals surface area contributed by atoms with Gasteiger partial charge in [-0.2, -0.15) is 10.1 Å². The van der Waals surface area contributed by atoms with Crippen LogP contribution in [0.2, 0.25) is 0 Å². The zero-order chi connectivity index (χ0) is 24.9. The maximum absolute atomic E-state index is 12.8. The molecule has 182 valence electrons. The number of hydrogen-bond acceptors (Lipinski definition) is 6. The van der Waals surface area contributed by atoms with Gasteiger partial charge in [-0.1, -0.05) is 72.4 Å². The van der Waals surface area contributed by atoms with Gasteiger partial charge in [-0.3, -0.25) is 9.59 Å². The molecule has 7 nitrogen and oxygen atoms in total. The van der Waals surface area contributed by atoms with Crippen LogP contribution in [-0.4, -0.2) is 39.6 Å². The van der Waals surface area contributed by atoms with E-state index in [2.05, 4.69) is 22.4 Å². The van der Waals surface area contributed by atoms with Crippen molar-refractivity contribution in [1.82, 2.24) is 5.01 Å². The van der Waals surface area contributed by atoms with Crippen molar-refractivity contribution in [1.29, 1.82) is 0 Å². The first-order valence-corrected chi connectivity index (χ1v) is 12.8. The Hall–Kier alpha value is -3.91. The summed E-state index contributed by atoms with van der Waals surface area (Å²) in [6, 6.07) is 27.2. The first-order valence-electron chi connectivity index (χ1n) is 11.9. The van der Waals surface area contributed by atoms with Gasteiger partial charge in [-0.25, -0.2) is 5.01 Å². The van der Waals surface area contributed by atoms with Crippen LogP contribution in [0.25, 0.3) is 0 Å². The summed E-state index contributed by atoms with van der Waals surface area (Å²) >= 11 is 1.30. The Morgan fingerprint density at radius 2 is 1.72 bits per heavy atom. The van der Waals surface area contributed by atoms with Gasteiger partial charge in [0.25, 0.3) is 5.91 Å². The number of amides is 2. The second-order valence-electron chi connectivity index (χ2n) is 8.44. The molecule has 2 heterocycles. The van der Waals surface area contributed by atoms with Gasteiger partial charge in [0, 0.05) is 18.5 Å². The Morgan fingerprint density at radius 3 is 2.42 bits per heavy atom. The average Bonchev–Trinajstić information content (AvgIpc) is 3.50. The molecule has 0 fully saturated rings. The molecule has 3 aromatic carbocycles. The lowest BCUT2D eigenvalue weighted by Gasteiger charge is -2.23. The summed E-state index contributed by atoms with van der Waals surface area (Å²) < 4.78 is 5.43. The van der Waals surface area contributed by atoms with E-state index in [9.17, 15) is 9.59 Å². The third kappa shape index (κ3) is 5.33. The minimum Gasteiger partial charge on any atom is -0.494 e. The van der Waals surface area contributed by atoms with E-state index < -0.39 is 5.25 Å². The third-order valence-electron chi connectivity index (χ3n) is 5.95. The number of ether oxygens (including phenoxy) is 1. The monoisotopic (exact) mass is 498 g/mol. The van der Waals surface area contributed by atoms with Gasteiger partial charge < -0.3 is 10.1 Å². The second kappa shape index (κ2) is 10.8. The zero-order valence-corrected chi connectivity index (χ0v) is 20.7. The summed E-state index contributed by atoms with van der Waals surface area (Å²) in [6.07, 6.45) is 0.730. The van der Waals surface area contributed by atoms with Gasteiger partial charge in [0.15, 0.2) is 5.17 Å². The molecular weight excluding hydrogens is 472 g/mol. The molecule has 0 radical (unpaired) electrons. The van der Waals surface area contributed by atoms with Crippen molar-refractivity contribution in [3.63, 3.8) is 0 Å². The highest BCUT2D eigenvalue weighted by molar-refractivity contribution is 8.15. The predicted octanol–water partition coefficient (Wildman–Crippen LogP) is 5.26. The molecule has 3 aromatic rings. The molecular formula is C28H26N4O3S. The van der Waals surface area contributed by atoms with E-state index in [1.807, 2.05) is 60.5 Å². The van der Waals surface area contributed by atoms with Crippen molar-refractivity contribution in [3.8, 4) is 5.75 Å². The molecule has 0 unspecified atom stereocenters. The normalized spacial score (nSPS) is 19.1. The number of carbonyl (C=O) groups is 2. The molecule has 1 N–H and O–H groups in total. The van der Waals surface area contributed by atoms with Crippen LogP contribution in [0.15, 0.2) is 95.0 Å². The molecule has 36 heavy (non-hydrogen) atoms. The number of carbonyl (C=O) groups excluding carboxylic acids is 2. The number of nitrogens with one attached hydrogen (secondary N) is 1. The van der Waals surface area contributed by atoms with Crippen molar-refractivity contribution < 1.29 is 14.3 Å². The minimum absolute atomic E-state index is 0.0306. The summed E-state index contributed by atoms with van der Waals surface area (Å²) in [5.41, 5.74) is 3.74. The molecule has 2 aliphatic rings. The van der Waals surface area contributed by atoms with Gasteiger partial charge in [-0.15, -0.1) is 0 Å². The highest BCUT2D eigenvalue weighted by Gasteiger charge is 2.39. The fraction of sp³-hybridized carbons (Fsp3) is 0.214. The number of rotatable bonds is 7. The maximum atomic E-state index is 12.8. The van der Waals surface area contributed by atoms with Crippen LogP contribution in [0, 0.1) is 0 Å². The molecule has 8 heteroatoms. The highest BCUT2D eigenvalue weighted by Crippen LogP contribution is 2.38. The quantitative estimate of drug-likeness (QED) is 0.480. The van der Waals surface area contributed by atoms with Crippen LogP contribution < -0.4 is 10.1 Å². The summed E-state index contributed by atoms with van der Waals surface area (Å²) in [5, 5.41) is 9.50. The molecule has 2 amide bonds. The van der Waals surface area contributed by atoms with E-state index in [4.69, 9.17) is 9.84 Å². The van der Waals surface area contributed by atoms with Crippen molar-refractivity contribution in [3.05, 3.63) is 96.1 Å². The highest BCUT2D eigenvalue weighted by atomic mass is 32.2. The standard InChI is InChI=1S/C28H26N4O3S/c1-2-35-22-15-13-21(14-16-22)29-26(33)18-25-27(34)30-28(36-25)32-24(20-11-7-4-8-12-20)17-23(31-32)19-9-5-3-6-10-19/h3-16,24-25H,2,17-18H2,1H3,(H,29,33)/t24-,25-/m0/s1. The SMILES string of the molecule is CCOc1ccc(NC(=O)C[C@@H]2SC(N3N=C(c4ccccc4)C[C@H]3c3ccccc3)=NC2=O)cc1. The fourth-order valence-corrected chi connectivity index (χ4v) is 5.27. The van der Waals surface area contributed by atoms with Crippen LogP contribution in [0.5, 0.6) is 5.75 Å². The first-order chi connectivity index (χ1) is 17.6. The Balaban J connectivity index is 1.29. The van der Waals surface area contributed by atoms with Crippen LogP contribution >= 0.6 is 11.8 Å². The Bertz CT molecular complexity index is 1290. The lowest BCUT2D eigenvalue weighted by Crippen LogP contribution is -2.25. The number of thioether (sulfide) groups is 1. The van der Waals surface area contributed by atoms with E-state index >= 15 is 0 Å². The fourth-order valence-electron chi connectivity index (χ4n) is 4.21. The van der Waals surface area contributed by atoms with Crippen LogP contribution in [0.1, 0.15) is 36.9 Å². The lowest BCUT2D eigenvalue weighted by molar-refractivity contribution is -0.121. The topological polar surface area (TPSA) is 83.4 Å². The van der Waals surface area contributed by atoms with Gasteiger partial charge in [0.2, 0.25) is 5.91 Å². The van der Waals surface area contributed by atoms with E-state index in [1.54, 1.807) is 24.3 Å². The summed E-state index contributed by atoms with van der Waals surface area (Å²) in [4.78, 5) is 29.7. The molecule has 2 aliphatic heterocycles. The minimum atomic E-state index is -0.588. The third-order valence-corrected chi connectivity index (χ3v) is 7.09. The zero-order valence-electron chi connectivity index (χ0n) is 19.8. The number of hydrogen-bond donors (Lipinski definition) is 1. The van der Waals surface area contributed by atoms with Crippen molar-refractivity contribution in [2.75, 3.05) is 11.9 Å². The maximum Gasteiger partial charge on any atom is 0.262 e. The van der Waals surface area contributed by atoms with E-state index in [0.717, 1.165) is 22.6 Å². The van der Waals surface area contributed by atoms with Crippen LogP contribution in [0.3, 0.4) is 0 Å². The van der Waals surface area contributed by atoms with E-state index in [0.29, 0.717) is 23.9 Å². The Kier molecular flexibility index (Phi) is 7.13. The lowest BCUT2D eigenvalue weighted by atomic mass is 9.99. The van der Waals surface area contributed by atoms with Gasteiger partial charge in [0.1, 0.15) is 11.0 Å². The molecule has 0 aromatic heterocycles. The van der Waals surface area contributed by atoms with Crippen molar-refractivity contribution in [2.45, 2.75) is 31.1 Å². The summed E-state index contributed by atoms with van der Waals surface area (Å²) in [6.45, 7) is 2.49. The number of benzene rings is 3. The number of aliphatic imine (C=N–C) groups is 1. The molecule has 0 saturated heterocycles.